The standard InChI is InChI=1S/C9H8N2O2/c10-6-3-1-2-5-7(12)4-11-9(13)8(5)6/h1-3H,4,10H2,(H,11,13). The van der Waals surface area contributed by atoms with Crippen molar-refractivity contribution in [1.29, 1.82) is 0 Å². The minimum atomic E-state index is -0.271. The lowest BCUT2D eigenvalue weighted by Crippen LogP contribution is -2.37. The molecule has 4 heteroatoms. The number of anilines is 1. The highest BCUT2D eigenvalue weighted by Gasteiger charge is 2.24. The van der Waals surface area contributed by atoms with Gasteiger partial charge in [0.2, 0.25) is 0 Å². The van der Waals surface area contributed by atoms with E-state index in [2.05, 4.69) is 5.32 Å². The normalized spacial score (nSPS) is 15.1. The SMILES string of the molecule is Nc1cccc2c1C(=O)NCC2=O. The van der Waals surface area contributed by atoms with Crippen LogP contribution in [-0.2, 0) is 0 Å². The molecule has 2 rings (SSSR count). The third-order valence-electron chi connectivity index (χ3n) is 2.03. The number of ketones is 1. The van der Waals surface area contributed by atoms with Crippen molar-refractivity contribution in [3.8, 4) is 0 Å². The lowest BCUT2D eigenvalue weighted by Gasteiger charge is -2.16. The number of hydrogen-bond donors (Lipinski definition) is 2. The van der Waals surface area contributed by atoms with Crippen LogP contribution in [0.5, 0.6) is 0 Å². The van der Waals surface area contributed by atoms with E-state index in [4.69, 9.17) is 5.73 Å². The fourth-order valence-corrected chi connectivity index (χ4v) is 1.40. The number of carbonyl (C=O) groups excluding carboxylic acids is 2. The van der Waals surface area contributed by atoms with Crippen LogP contribution in [0.1, 0.15) is 20.7 Å². The van der Waals surface area contributed by atoms with Crippen molar-refractivity contribution < 1.29 is 9.59 Å². The van der Waals surface area contributed by atoms with Crippen molar-refractivity contribution in [3.05, 3.63) is 29.3 Å². The number of fused-ring (bicyclic) bond motifs is 1. The van der Waals surface area contributed by atoms with Gasteiger partial charge in [0, 0.05) is 11.3 Å². The molecule has 0 atom stereocenters. The fraction of sp³-hybridized carbons (Fsp3) is 0.111. The van der Waals surface area contributed by atoms with Gasteiger partial charge < -0.3 is 11.1 Å². The second-order valence-corrected chi connectivity index (χ2v) is 2.88. The number of nitrogens with two attached hydrogens (primary N) is 1. The number of benzene rings is 1. The number of nitrogen functional groups attached to an aromatic ring is 1. The minimum Gasteiger partial charge on any atom is -0.398 e. The highest BCUT2D eigenvalue weighted by atomic mass is 16.2. The van der Waals surface area contributed by atoms with Crippen molar-refractivity contribution in [1.82, 2.24) is 5.32 Å². The summed E-state index contributed by atoms with van der Waals surface area (Å²) >= 11 is 0. The van der Waals surface area contributed by atoms with E-state index in [0.29, 0.717) is 16.8 Å². The zero-order valence-corrected chi connectivity index (χ0v) is 6.83. The van der Waals surface area contributed by atoms with E-state index in [0.717, 1.165) is 0 Å². The molecule has 0 bridgehead atoms. The Labute approximate surface area is 74.7 Å². The lowest BCUT2D eigenvalue weighted by molar-refractivity contribution is 0.0878. The number of amides is 1. The van der Waals surface area contributed by atoms with Gasteiger partial charge in [-0.15, -0.1) is 0 Å². The van der Waals surface area contributed by atoms with Gasteiger partial charge in [-0.05, 0) is 6.07 Å². The lowest BCUT2D eigenvalue weighted by atomic mass is 9.98. The maximum atomic E-state index is 11.3. The molecule has 0 saturated heterocycles. The molecule has 1 aromatic rings. The Morgan fingerprint density at radius 2 is 2.08 bits per heavy atom. The predicted molar refractivity (Wildman–Crippen MR) is 47.5 cm³/mol. The predicted octanol–water partition coefficient (Wildman–Crippen LogP) is 0.195. The summed E-state index contributed by atoms with van der Waals surface area (Å²) in [6.07, 6.45) is 0. The van der Waals surface area contributed by atoms with Gasteiger partial charge in [-0.1, -0.05) is 12.1 Å². The first-order valence-electron chi connectivity index (χ1n) is 3.90. The molecule has 4 nitrogen and oxygen atoms in total. The zero-order valence-electron chi connectivity index (χ0n) is 6.83. The van der Waals surface area contributed by atoms with Crippen LogP contribution < -0.4 is 11.1 Å². The molecule has 66 valence electrons. The molecule has 1 aromatic carbocycles. The third kappa shape index (κ3) is 1.07. The van der Waals surface area contributed by atoms with Crippen LogP contribution in [-0.4, -0.2) is 18.2 Å². The average Bonchev–Trinajstić information content (AvgIpc) is 2.12. The molecule has 1 heterocycles. The summed E-state index contributed by atoms with van der Waals surface area (Å²) in [7, 11) is 0. The topological polar surface area (TPSA) is 72.2 Å². The molecule has 3 N–H and O–H groups in total. The van der Waals surface area contributed by atoms with Gasteiger partial charge in [0.25, 0.3) is 5.91 Å². The number of rotatable bonds is 0. The average molecular weight is 176 g/mol. The van der Waals surface area contributed by atoms with Crippen LogP contribution in [0.15, 0.2) is 18.2 Å². The van der Waals surface area contributed by atoms with E-state index in [1.54, 1.807) is 18.2 Å². The molecule has 0 unspecified atom stereocenters. The van der Waals surface area contributed by atoms with Crippen LogP contribution in [0, 0.1) is 0 Å². The molecule has 0 aromatic heterocycles. The Bertz CT molecular complexity index is 399. The summed E-state index contributed by atoms with van der Waals surface area (Å²) in [6.45, 7) is 0.0648. The van der Waals surface area contributed by atoms with Crippen LogP contribution >= 0.6 is 0 Å². The van der Waals surface area contributed by atoms with E-state index in [1.807, 2.05) is 0 Å². The van der Waals surface area contributed by atoms with Gasteiger partial charge >= 0.3 is 0 Å². The number of hydrogen-bond acceptors (Lipinski definition) is 3. The second kappa shape index (κ2) is 2.58. The van der Waals surface area contributed by atoms with Crippen molar-refractivity contribution in [2.24, 2.45) is 0 Å². The van der Waals surface area contributed by atoms with Crippen molar-refractivity contribution in [2.45, 2.75) is 0 Å². The van der Waals surface area contributed by atoms with E-state index in [1.165, 1.54) is 0 Å². The molecule has 0 spiro atoms. The van der Waals surface area contributed by atoms with E-state index in [-0.39, 0.29) is 18.2 Å². The van der Waals surface area contributed by atoms with Crippen LogP contribution in [0.3, 0.4) is 0 Å². The zero-order chi connectivity index (χ0) is 9.42. The smallest absolute Gasteiger partial charge is 0.254 e. The van der Waals surface area contributed by atoms with Crippen molar-refractivity contribution in [3.63, 3.8) is 0 Å². The number of carbonyl (C=O) groups is 2. The first-order chi connectivity index (χ1) is 6.20. The molecule has 1 aliphatic heterocycles. The molecule has 0 radical (unpaired) electrons. The molecule has 0 aliphatic carbocycles. The first kappa shape index (κ1) is 7.79. The summed E-state index contributed by atoms with van der Waals surface area (Å²) in [5, 5.41) is 2.46. The third-order valence-corrected chi connectivity index (χ3v) is 2.03. The van der Waals surface area contributed by atoms with Gasteiger partial charge in [-0.25, -0.2) is 0 Å². The Morgan fingerprint density at radius 3 is 2.77 bits per heavy atom. The maximum Gasteiger partial charge on any atom is 0.254 e. The second-order valence-electron chi connectivity index (χ2n) is 2.88. The van der Waals surface area contributed by atoms with Gasteiger partial charge in [0.05, 0.1) is 12.1 Å². The highest BCUT2D eigenvalue weighted by molar-refractivity contribution is 6.16. The van der Waals surface area contributed by atoms with Crippen LogP contribution in [0.4, 0.5) is 5.69 Å². The Kier molecular flexibility index (Phi) is 1.55. The van der Waals surface area contributed by atoms with Gasteiger partial charge in [0.1, 0.15) is 0 Å². The van der Waals surface area contributed by atoms with Gasteiger partial charge in [-0.3, -0.25) is 9.59 Å². The van der Waals surface area contributed by atoms with E-state index < -0.39 is 0 Å². The summed E-state index contributed by atoms with van der Waals surface area (Å²) in [6, 6.07) is 4.90. The molecule has 1 aliphatic rings. The quantitative estimate of drug-likeness (QED) is 0.554. The van der Waals surface area contributed by atoms with E-state index >= 15 is 0 Å². The molecule has 13 heavy (non-hydrogen) atoms. The fourth-order valence-electron chi connectivity index (χ4n) is 1.40. The molecule has 0 fully saturated rings. The molecule has 0 saturated carbocycles. The van der Waals surface area contributed by atoms with Crippen LogP contribution in [0.25, 0.3) is 0 Å². The molecular weight excluding hydrogens is 168 g/mol. The summed E-state index contributed by atoms with van der Waals surface area (Å²) in [5.74, 6) is -0.366. The summed E-state index contributed by atoms with van der Waals surface area (Å²) < 4.78 is 0. The number of Topliss-reactive ketones (excluding diaryl/α,β-unsaturated/α-hetero) is 1. The van der Waals surface area contributed by atoms with Crippen molar-refractivity contribution in [2.75, 3.05) is 12.3 Å². The Hall–Kier alpha value is -1.84. The number of nitrogens with one attached hydrogen (secondary N) is 1. The minimum absolute atomic E-state index is 0.0648. The largest absolute Gasteiger partial charge is 0.398 e. The first-order valence-corrected chi connectivity index (χ1v) is 3.90. The Balaban J connectivity index is 2.70. The molecular formula is C9H8N2O2. The van der Waals surface area contributed by atoms with Gasteiger partial charge in [-0.2, -0.15) is 0 Å². The Morgan fingerprint density at radius 1 is 1.31 bits per heavy atom. The monoisotopic (exact) mass is 176 g/mol. The summed E-state index contributed by atoms with van der Waals surface area (Å²) in [5.41, 5.74) is 6.66. The molecule has 1 amide bonds. The van der Waals surface area contributed by atoms with E-state index in [9.17, 15) is 9.59 Å². The highest BCUT2D eigenvalue weighted by Crippen LogP contribution is 2.19. The summed E-state index contributed by atoms with van der Waals surface area (Å²) in [4.78, 5) is 22.6. The van der Waals surface area contributed by atoms with Crippen LogP contribution in [0.2, 0.25) is 0 Å². The van der Waals surface area contributed by atoms with Gasteiger partial charge in [0.15, 0.2) is 5.78 Å². The van der Waals surface area contributed by atoms with Crippen molar-refractivity contribution >= 4 is 17.4 Å². The maximum absolute atomic E-state index is 11.3.